The Morgan fingerprint density at radius 1 is 1.30 bits per heavy atom. The second-order valence-electron chi connectivity index (χ2n) is 8.27. The van der Waals surface area contributed by atoms with Crippen molar-refractivity contribution in [2.75, 3.05) is 39.8 Å². The molecule has 27 heavy (non-hydrogen) atoms. The normalized spacial score (nSPS) is 24.5. The van der Waals surface area contributed by atoms with Crippen molar-refractivity contribution in [3.8, 4) is 0 Å². The molecule has 2 saturated heterocycles. The van der Waals surface area contributed by atoms with E-state index in [0.717, 1.165) is 18.8 Å². The molecule has 1 aliphatic carbocycles. The Kier molecular flexibility index (Phi) is 4.90. The highest BCUT2D eigenvalue weighted by Crippen LogP contribution is 2.36. The number of hydrogen-bond acceptors (Lipinski definition) is 5. The van der Waals surface area contributed by atoms with E-state index < -0.39 is 0 Å². The monoisotopic (exact) mass is 372 g/mol. The number of likely N-dealkylation sites (tertiary alicyclic amines) is 1. The van der Waals surface area contributed by atoms with Crippen LogP contribution in [0, 0.1) is 5.92 Å². The van der Waals surface area contributed by atoms with Gasteiger partial charge in [-0.2, -0.15) is 0 Å². The summed E-state index contributed by atoms with van der Waals surface area (Å²) >= 11 is 0. The van der Waals surface area contributed by atoms with Gasteiger partial charge in [-0.3, -0.25) is 19.5 Å². The topological polar surface area (TPSA) is 66.0 Å². The van der Waals surface area contributed by atoms with Crippen molar-refractivity contribution >= 4 is 11.8 Å². The Hall–Kier alpha value is -1.99. The Morgan fingerprint density at radius 2 is 2.07 bits per heavy atom. The molecule has 1 aromatic rings. The van der Waals surface area contributed by atoms with Crippen LogP contribution < -0.4 is 0 Å². The Balaban J connectivity index is 1.41. The average Bonchev–Trinajstić information content (AvgIpc) is 3.43. The number of pyridine rings is 1. The Bertz CT molecular complexity index is 700. The number of rotatable bonds is 5. The third kappa shape index (κ3) is 3.99. The van der Waals surface area contributed by atoms with Gasteiger partial charge in [0.1, 0.15) is 11.6 Å². The first kappa shape index (κ1) is 18.4. The molecule has 1 aromatic heterocycles. The fourth-order valence-electron chi connectivity index (χ4n) is 4.07. The van der Waals surface area contributed by atoms with Gasteiger partial charge in [-0.15, -0.1) is 0 Å². The van der Waals surface area contributed by atoms with Gasteiger partial charge in [-0.05, 0) is 30.9 Å². The average molecular weight is 372 g/mol. The minimum Gasteiger partial charge on any atom is -0.368 e. The number of aromatic nitrogens is 1. The van der Waals surface area contributed by atoms with E-state index >= 15 is 0 Å². The summed E-state index contributed by atoms with van der Waals surface area (Å²) in [4.78, 5) is 34.8. The molecule has 0 bridgehead atoms. The third-order valence-electron chi connectivity index (χ3n) is 5.86. The van der Waals surface area contributed by atoms with Crippen LogP contribution in [0.1, 0.15) is 25.5 Å². The number of carbonyl (C=O) groups excluding carboxylic acids is 2. The molecule has 1 atom stereocenters. The lowest BCUT2D eigenvalue weighted by Crippen LogP contribution is -2.73. The molecular formula is C20H28N4O3. The van der Waals surface area contributed by atoms with Gasteiger partial charge >= 0.3 is 0 Å². The number of hydrogen-bond donors (Lipinski definition) is 0. The quantitative estimate of drug-likeness (QED) is 0.763. The van der Waals surface area contributed by atoms with Gasteiger partial charge in [0.05, 0.1) is 31.9 Å². The van der Waals surface area contributed by atoms with E-state index in [1.165, 1.54) is 12.8 Å². The van der Waals surface area contributed by atoms with E-state index in [9.17, 15) is 9.59 Å². The number of carbonyl (C=O) groups is 2. The summed E-state index contributed by atoms with van der Waals surface area (Å²) in [5, 5.41) is 0. The molecule has 4 rings (SSSR count). The molecule has 7 nitrogen and oxygen atoms in total. The number of likely N-dealkylation sites (N-methyl/N-ethyl adjacent to an activating group) is 1. The molecule has 0 N–H and O–H groups in total. The van der Waals surface area contributed by atoms with E-state index in [0.29, 0.717) is 32.2 Å². The fourth-order valence-corrected chi connectivity index (χ4v) is 4.07. The summed E-state index contributed by atoms with van der Waals surface area (Å²) in [7, 11) is 1.83. The lowest BCUT2D eigenvalue weighted by atomic mass is 9.90. The summed E-state index contributed by atoms with van der Waals surface area (Å²) in [5.74, 6) is 0.866. The van der Waals surface area contributed by atoms with Crippen molar-refractivity contribution in [3.63, 3.8) is 0 Å². The van der Waals surface area contributed by atoms with Crippen molar-refractivity contribution in [1.82, 2.24) is 19.7 Å². The molecule has 1 saturated carbocycles. The lowest BCUT2D eigenvalue weighted by Gasteiger charge is -2.55. The van der Waals surface area contributed by atoms with Gasteiger partial charge < -0.3 is 14.5 Å². The van der Waals surface area contributed by atoms with Gasteiger partial charge in [0, 0.05) is 33.3 Å². The van der Waals surface area contributed by atoms with Crippen LogP contribution in [0.25, 0.3) is 0 Å². The van der Waals surface area contributed by atoms with Gasteiger partial charge in [-0.1, -0.05) is 6.07 Å². The zero-order valence-corrected chi connectivity index (χ0v) is 16.1. The summed E-state index contributed by atoms with van der Waals surface area (Å²) in [5.41, 5.74) is 0.586. The number of ether oxygens (including phenoxy) is 1. The summed E-state index contributed by atoms with van der Waals surface area (Å²) in [6.07, 6.45) is 4.24. The molecule has 2 aliphatic heterocycles. The molecule has 146 valence electrons. The summed E-state index contributed by atoms with van der Waals surface area (Å²) in [6, 6.07) is 5.49. The van der Waals surface area contributed by atoms with Crippen molar-refractivity contribution in [2.24, 2.45) is 5.92 Å². The molecule has 0 aromatic carbocycles. The highest BCUT2D eigenvalue weighted by Gasteiger charge is 2.52. The second kappa shape index (κ2) is 7.20. The maximum absolute atomic E-state index is 13.1. The number of nitrogens with zero attached hydrogens (tertiary/aromatic N) is 4. The highest BCUT2D eigenvalue weighted by atomic mass is 16.5. The van der Waals surface area contributed by atoms with Gasteiger partial charge in [0.25, 0.3) is 0 Å². The number of morpholine rings is 1. The predicted molar refractivity (Wildman–Crippen MR) is 99.7 cm³/mol. The zero-order valence-electron chi connectivity index (χ0n) is 16.1. The zero-order chi connectivity index (χ0) is 19.0. The first-order valence-corrected chi connectivity index (χ1v) is 9.74. The van der Waals surface area contributed by atoms with E-state index in [4.69, 9.17) is 4.74 Å². The van der Waals surface area contributed by atoms with Crippen molar-refractivity contribution in [2.45, 2.75) is 38.0 Å². The molecule has 1 spiro atoms. The van der Waals surface area contributed by atoms with Crippen molar-refractivity contribution in [3.05, 3.63) is 30.1 Å². The minimum absolute atomic E-state index is 0.0823. The van der Waals surface area contributed by atoms with Crippen molar-refractivity contribution in [1.29, 1.82) is 0 Å². The predicted octanol–water partition coefficient (Wildman–Crippen LogP) is 0.752. The summed E-state index contributed by atoms with van der Waals surface area (Å²) in [6.45, 7) is 5.42. The minimum atomic E-state index is -0.295. The van der Waals surface area contributed by atoms with Gasteiger partial charge in [0.2, 0.25) is 11.8 Å². The van der Waals surface area contributed by atoms with Crippen LogP contribution in [0.3, 0.4) is 0 Å². The molecule has 0 radical (unpaired) electrons. The maximum atomic E-state index is 13.1. The standard InChI is InChI=1S/C20H28N4O3/c1-15(25)24-13-20(14-24)12-23(9-16-6-7-16)18(11-27-20)19(26)22(2)10-17-5-3-4-8-21-17/h3-5,8,16,18H,6-7,9-14H2,1-2H3/t18-/m0/s1. The molecule has 3 aliphatic rings. The molecule has 0 unspecified atom stereocenters. The highest BCUT2D eigenvalue weighted by molar-refractivity contribution is 5.82. The summed E-state index contributed by atoms with van der Waals surface area (Å²) < 4.78 is 6.15. The largest absolute Gasteiger partial charge is 0.368 e. The Morgan fingerprint density at radius 3 is 2.70 bits per heavy atom. The van der Waals surface area contributed by atoms with Crippen LogP contribution >= 0.6 is 0 Å². The molecule has 3 heterocycles. The SMILES string of the molecule is CC(=O)N1CC2(C1)CN(CC1CC1)[C@H](C(=O)N(C)Cc1ccccn1)CO2. The lowest BCUT2D eigenvalue weighted by molar-refractivity contribution is -0.205. The first-order chi connectivity index (χ1) is 13.0. The van der Waals surface area contributed by atoms with Crippen LogP contribution in [0.15, 0.2) is 24.4 Å². The van der Waals surface area contributed by atoms with Crippen LogP contribution in [-0.2, 0) is 20.9 Å². The molecule has 2 amide bonds. The van der Waals surface area contributed by atoms with E-state index in [1.54, 1.807) is 18.0 Å². The first-order valence-electron chi connectivity index (χ1n) is 9.74. The third-order valence-corrected chi connectivity index (χ3v) is 5.86. The smallest absolute Gasteiger partial charge is 0.242 e. The van der Waals surface area contributed by atoms with Crippen LogP contribution in [-0.4, -0.2) is 83.0 Å². The van der Waals surface area contributed by atoms with E-state index in [2.05, 4.69) is 9.88 Å². The van der Waals surface area contributed by atoms with Crippen LogP contribution in [0.5, 0.6) is 0 Å². The van der Waals surface area contributed by atoms with Crippen LogP contribution in [0.4, 0.5) is 0 Å². The number of amides is 2. The Labute approximate surface area is 160 Å². The van der Waals surface area contributed by atoms with Gasteiger partial charge in [-0.25, -0.2) is 0 Å². The molecule has 7 heteroatoms. The van der Waals surface area contributed by atoms with E-state index in [-0.39, 0.29) is 23.5 Å². The van der Waals surface area contributed by atoms with Crippen molar-refractivity contribution < 1.29 is 14.3 Å². The molecular weight excluding hydrogens is 344 g/mol. The fraction of sp³-hybridized carbons (Fsp3) is 0.650. The van der Waals surface area contributed by atoms with Crippen LogP contribution in [0.2, 0.25) is 0 Å². The second-order valence-corrected chi connectivity index (χ2v) is 8.27. The van der Waals surface area contributed by atoms with E-state index in [1.807, 2.05) is 30.1 Å². The van der Waals surface area contributed by atoms with Gasteiger partial charge in [0.15, 0.2) is 0 Å². The molecule has 3 fully saturated rings. The maximum Gasteiger partial charge on any atom is 0.242 e.